The van der Waals surface area contributed by atoms with Crippen LogP contribution in [-0.2, 0) is 17.9 Å². The van der Waals surface area contributed by atoms with Gasteiger partial charge in [0.15, 0.2) is 0 Å². The van der Waals surface area contributed by atoms with E-state index in [0.717, 1.165) is 16.6 Å². The number of halogens is 1. The molecule has 3 rings (SSSR count). The number of imidazole rings is 1. The lowest BCUT2D eigenvalue weighted by Gasteiger charge is -2.13. The Morgan fingerprint density at radius 3 is 2.75 bits per heavy atom. The number of benzene rings is 2. The SMILES string of the molecule is Cc1cc2ncn(C[C@@H](O)COCc3ccccc3Cl)c2cc1C. The van der Waals surface area contributed by atoms with E-state index in [2.05, 4.69) is 31.0 Å². The van der Waals surface area contributed by atoms with E-state index in [1.807, 2.05) is 28.8 Å². The van der Waals surface area contributed by atoms with Gasteiger partial charge in [0.25, 0.3) is 0 Å². The van der Waals surface area contributed by atoms with Gasteiger partial charge in [0.1, 0.15) is 0 Å². The van der Waals surface area contributed by atoms with Gasteiger partial charge in [-0.2, -0.15) is 0 Å². The molecule has 0 unspecified atom stereocenters. The first kappa shape index (κ1) is 17.0. The van der Waals surface area contributed by atoms with Crippen LogP contribution in [0.15, 0.2) is 42.7 Å². The fraction of sp³-hybridized carbons (Fsp3) is 0.316. The summed E-state index contributed by atoms with van der Waals surface area (Å²) in [5.41, 5.74) is 5.33. The van der Waals surface area contributed by atoms with Crippen LogP contribution >= 0.6 is 11.6 Å². The zero-order valence-electron chi connectivity index (χ0n) is 13.9. The Morgan fingerprint density at radius 1 is 1.21 bits per heavy atom. The largest absolute Gasteiger partial charge is 0.389 e. The number of aliphatic hydroxyl groups is 1. The van der Waals surface area contributed by atoms with Gasteiger partial charge >= 0.3 is 0 Å². The van der Waals surface area contributed by atoms with E-state index in [9.17, 15) is 5.11 Å². The zero-order valence-corrected chi connectivity index (χ0v) is 14.6. The zero-order chi connectivity index (χ0) is 17.1. The number of aromatic nitrogens is 2. The highest BCUT2D eigenvalue weighted by atomic mass is 35.5. The smallest absolute Gasteiger partial charge is 0.0959 e. The van der Waals surface area contributed by atoms with E-state index in [1.165, 1.54) is 11.1 Å². The van der Waals surface area contributed by atoms with E-state index in [0.29, 0.717) is 18.2 Å². The second-order valence-electron chi connectivity index (χ2n) is 6.08. The first-order chi connectivity index (χ1) is 11.5. The summed E-state index contributed by atoms with van der Waals surface area (Å²) in [5, 5.41) is 10.9. The maximum absolute atomic E-state index is 10.2. The minimum Gasteiger partial charge on any atom is -0.389 e. The van der Waals surface area contributed by atoms with Gasteiger partial charge in [0.05, 0.1) is 43.2 Å². The Labute approximate surface area is 146 Å². The van der Waals surface area contributed by atoms with Gasteiger partial charge in [-0.05, 0) is 48.7 Å². The maximum atomic E-state index is 10.2. The van der Waals surface area contributed by atoms with E-state index < -0.39 is 6.10 Å². The van der Waals surface area contributed by atoms with Gasteiger partial charge in [-0.15, -0.1) is 0 Å². The monoisotopic (exact) mass is 344 g/mol. The molecule has 0 amide bonds. The molecule has 2 aromatic carbocycles. The molecule has 3 aromatic rings. The highest BCUT2D eigenvalue weighted by Crippen LogP contribution is 2.19. The topological polar surface area (TPSA) is 47.3 Å². The summed E-state index contributed by atoms with van der Waals surface area (Å²) in [4.78, 5) is 4.41. The van der Waals surface area contributed by atoms with Crippen molar-refractivity contribution >= 4 is 22.6 Å². The van der Waals surface area contributed by atoms with E-state index in [4.69, 9.17) is 16.3 Å². The predicted octanol–water partition coefficient (Wildman–Crippen LogP) is 3.88. The fourth-order valence-corrected chi connectivity index (χ4v) is 2.85. The molecule has 1 aromatic heterocycles. The van der Waals surface area contributed by atoms with Crippen LogP contribution in [0.5, 0.6) is 0 Å². The van der Waals surface area contributed by atoms with Crippen molar-refractivity contribution in [1.29, 1.82) is 0 Å². The molecule has 0 aliphatic rings. The Bertz CT molecular complexity index is 844. The van der Waals surface area contributed by atoms with Crippen LogP contribution in [0.4, 0.5) is 0 Å². The molecule has 1 N–H and O–H groups in total. The van der Waals surface area contributed by atoms with Crippen LogP contribution < -0.4 is 0 Å². The number of aliphatic hydroxyl groups excluding tert-OH is 1. The van der Waals surface area contributed by atoms with Crippen molar-refractivity contribution in [2.24, 2.45) is 0 Å². The summed E-state index contributed by atoms with van der Waals surface area (Å²) in [6.07, 6.45) is 1.16. The average Bonchev–Trinajstić information content (AvgIpc) is 2.92. The lowest BCUT2D eigenvalue weighted by atomic mass is 10.1. The van der Waals surface area contributed by atoms with Crippen molar-refractivity contribution < 1.29 is 9.84 Å². The molecule has 0 saturated carbocycles. The van der Waals surface area contributed by atoms with Crippen molar-refractivity contribution in [2.45, 2.75) is 33.1 Å². The molecule has 0 radical (unpaired) electrons. The van der Waals surface area contributed by atoms with Crippen LogP contribution in [-0.4, -0.2) is 27.4 Å². The Balaban J connectivity index is 1.60. The van der Waals surface area contributed by atoms with E-state index in [-0.39, 0.29) is 6.61 Å². The molecule has 0 fully saturated rings. The van der Waals surface area contributed by atoms with Crippen LogP contribution in [0.25, 0.3) is 11.0 Å². The third kappa shape index (κ3) is 3.78. The lowest BCUT2D eigenvalue weighted by molar-refractivity contribution is 0.0209. The summed E-state index contributed by atoms with van der Waals surface area (Å²) < 4.78 is 7.56. The van der Waals surface area contributed by atoms with Gasteiger partial charge in [-0.1, -0.05) is 29.8 Å². The molecule has 5 heteroatoms. The molecule has 24 heavy (non-hydrogen) atoms. The third-order valence-corrected chi connectivity index (χ3v) is 4.54. The van der Waals surface area contributed by atoms with Crippen LogP contribution in [0.3, 0.4) is 0 Å². The number of nitrogens with zero attached hydrogens (tertiary/aromatic N) is 2. The van der Waals surface area contributed by atoms with Crippen molar-refractivity contribution in [3.63, 3.8) is 0 Å². The molecule has 1 atom stereocenters. The number of ether oxygens (including phenoxy) is 1. The second kappa shape index (κ2) is 7.34. The summed E-state index contributed by atoms with van der Waals surface area (Å²) >= 11 is 6.09. The second-order valence-corrected chi connectivity index (χ2v) is 6.49. The average molecular weight is 345 g/mol. The molecule has 0 bridgehead atoms. The number of fused-ring (bicyclic) bond motifs is 1. The molecule has 126 valence electrons. The Morgan fingerprint density at radius 2 is 1.96 bits per heavy atom. The van der Waals surface area contributed by atoms with Gasteiger partial charge in [-0.25, -0.2) is 4.98 Å². The molecule has 0 aliphatic heterocycles. The van der Waals surface area contributed by atoms with Gasteiger partial charge in [0.2, 0.25) is 0 Å². The van der Waals surface area contributed by atoms with Gasteiger partial charge in [0, 0.05) is 5.02 Å². The maximum Gasteiger partial charge on any atom is 0.0959 e. The van der Waals surface area contributed by atoms with E-state index >= 15 is 0 Å². The van der Waals surface area contributed by atoms with Crippen LogP contribution in [0, 0.1) is 13.8 Å². The van der Waals surface area contributed by atoms with Gasteiger partial charge in [-0.3, -0.25) is 0 Å². The molecule has 0 saturated heterocycles. The number of hydrogen-bond acceptors (Lipinski definition) is 3. The van der Waals surface area contributed by atoms with Crippen molar-refractivity contribution in [3.8, 4) is 0 Å². The quantitative estimate of drug-likeness (QED) is 0.738. The van der Waals surface area contributed by atoms with Crippen molar-refractivity contribution in [2.75, 3.05) is 6.61 Å². The molecule has 1 heterocycles. The number of aryl methyl sites for hydroxylation is 2. The predicted molar refractivity (Wildman–Crippen MR) is 96.3 cm³/mol. The number of rotatable bonds is 6. The minimum absolute atomic E-state index is 0.246. The summed E-state index contributed by atoms with van der Waals surface area (Å²) in [5.74, 6) is 0. The van der Waals surface area contributed by atoms with Crippen LogP contribution in [0.1, 0.15) is 16.7 Å². The van der Waals surface area contributed by atoms with Crippen LogP contribution in [0.2, 0.25) is 5.02 Å². The summed E-state index contributed by atoms with van der Waals surface area (Å²) in [7, 11) is 0. The minimum atomic E-state index is -0.605. The first-order valence-corrected chi connectivity index (χ1v) is 8.33. The third-order valence-electron chi connectivity index (χ3n) is 4.17. The summed E-state index contributed by atoms with van der Waals surface area (Å²) in [6.45, 7) is 5.23. The van der Waals surface area contributed by atoms with E-state index in [1.54, 1.807) is 6.33 Å². The molecule has 0 spiro atoms. The Kier molecular flexibility index (Phi) is 5.19. The highest BCUT2D eigenvalue weighted by molar-refractivity contribution is 6.31. The lowest BCUT2D eigenvalue weighted by Crippen LogP contribution is -2.21. The fourth-order valence-electron chi connectivity index (χ4n) is 2.66. The normalized spacial score (nSPS) is 12.7. The highest BCUT2D eigenvalue weighted by Gasteiger charge is 2.10. The molecular weight excluding hydrogens is 324 g/mol. The Hall–Kier alpha value is -1.88. The number of hydrogen-bond donors (Lipinski definition) is 1. The van der Waals surface area contributed by atoms with Crippen molar-refractivity contribution in [1.82, 2.24) is 9.55 Å². The summed E-state index contributed by atoms with van der Waals surface area (Å²) in [6, 6.07) is 11.7. The molecular formula is C19H21ClN2O2. The molecule has 4 nitrogen and oxygen atoms in total. The molecule has 0 aliphatic carbocycles. The standard InChI is InChI=1S/C19H21ClN2O2/c1-13-7-18-19(8-14(13)2)22(12-21-18)9-16(23)11-24-10-15-5-3-4-6-17(15)20/h3-8,12,16,23H,9-11H2,1-2H3/t16-/m1/s1. The van der Waals surface area contributed by atoms with Gasteiger partial charge < -0.3 is 14.4 Å². The van der Waals surface area contributed by atoms with Crippen molar-refractivity contribution in [3.05, 3.63) is 64.4 Å². The first-order valence-electron chi connectivity index (χ1n) is 7.96.